The van der Waals surface area contributed by atoms with E-state index in [0.717, 1.165) is 6.07 Å². The molecule has 6 nitrogen and oxygen atoms in total. The molecule has 0 saturated heterocycles. The quantitative estimate of drug-likeness (QED) is 0.397. The molecular weight excluding hydrogens is 338 g/mol. The van der Waals surface area contributed by atoms with Gasteiger partial charge in [-0.2, -0.15) is 0 Å². The molecule has 0 aromatic heterocycles. The van der Waals surface area contributed by atoms with Crippen molar-refractivity contribution < 1.29 is 85.1 Å². The van der Waals surface area contributed by atoms with Crippen LogP contribution in [0.4, 0.5) is 0 Å². The molecule has 0 radical (unpaired) electrons. The van der Waals surface area contributed by atoms with Crippen LogP contribution in [0.15, 0.2) is 40.1 Å². The molecule has 0 spiro atoms. The van der Waals surface area contributed by atoms with Gasteiger partial charge in [0.15, 0.2) is 0 Å². The summed E-state index contributed by atoms with van der Waals surface area (Å²) in [5, 5.41) is 0.305. The van der Waals surface area contributed by atoms with Crippen LogP contribution in [0.5, 0.6) is 0 Å². The Bertz CT molecular complexity index is 875. The van der Waals surface area contributed by atoms with Crippen LogP contribution in [-0.2, 0) is 20.2 Å². The predicted molar refractivity (Wildman–Crippen MR) is 64.6 cm³/mol. The van der Waals surface area contributed by atoms with E-state index in [-0.39, 0.29) is 69.9 Å². The Labute approximate surface area is 167 Å². The molecule has 0 unspecified atom stereocenters. The first-order valence-electron chi connectivity index (χ1n) is 5.05. The van der Waals surface area contributed by atoms with Gasteiger partial charge in [0.2, 0.25) is 0 Å². The normalized spacial score (nSPS) is 11.6. The third kappa shape index (κ3) is 5.00. The molecule has 0 atom stereocenters. The topological polar surface area (TPSA) is 114 Å². The maximum Gasteiger partial charge on any atom is 1.00 e. The molecule has 0 saturated carbocycles. The second-order valence-corrected chi connectivity index (χ2v) is 6.78. The van der Waals surface area contributed by atoms with Gasteiger partial charge >= 0.3 is 59.1 Å². The first-order chi connectivity index (χ1) is 8.59. The standard InChI is InChI=1S/C11H10O6S2.2Na/c1-7-2-3-8-5-9(18(12,13)14)6-11(10(8)4-7)19(15,16)17;;/h2-6H,1H3,(H,12,13,14)(H,15,16,17);;/q;2*+1/p-2. The first-order valence-corrected chi connectivity index (χ1v) is 7.87. The van der Waals surface area contributed by atoms with E-state index >= 15 is 0 Å². The number of rotatable bonds is 2. The molecule has 0 aliphatic heterocycles. The van der Waals surface area contributed by atoms with Gasteiger partial charge in [0, 0.05) is 0 Å². The van der Waals surface area contributed by atoms with E-state index in [9.17, 15) is 25.9 Å². The first kappa shape index (κ1) is 21.5. The summed E-state index contributed by atoms with van der Waals surface area (Å²) < 4.78 is 66.5. The fraction of sp³-hybridized carbons (Fsp3) is 0.0909. The van der Waals surface area contributed by atoms with Crippen molar-refractivity contribution in [1.29, 1.82) is 0 Å². The van der Waals surface area contributed by atoms with Gasteiger partial charge in [-0.25, -0.2) is 16.8 Å². The van der Waals surface area contributed by atoms with Gasteiger partial charge in [-0.05, 0) is 29.8 Å². The fourth-order valence-electron chi connectivity index (χ4n) is 1.76. The monoisotopic (exact) mass is 346 g/mol. The SMILES string of the molecule is Cc1ccc2cc(S(=O)(=O)[O-])cc(S(=O)(=O)[O-])c2c1.[Na+].[Na+]. The Kier molecular flexibility index (Phi) is 7.58. The Morgan fingerprint density at radius 3 is 1.90 bits per heavy atom. The van der Waals surface area contributed by atoms with Crippen LogP contribution < -0.4 is 59.1 Å². The summed E-state index contributed by atoms with van der Waals surface area (Å²) in [4.78, 5) is -1.44. The van der Waals surface area contributed by atoms with Crippen LogP contribution in [-0.4, -0.2) is 25.9 Å². The zero-order valence-corrected chi connectivity index (χ0v) is 17.3. The van der Waals surface area contributed by atoms with Crippen molar-refractivity contribution in [3.63, 3.8) is 0 Å². The van der Waals surface area contributed by atoms with Crippen molar-refractivity contribution in [3.05, 3.63) is 35.9 Å². The summed E-state index contributed by atoms with van der Waals surface area (Å²) in [6.07, 6.45) is 0. The van der Waals surface area contributed by atoms with Crippen LogP contribution >= 0.6 is 0 Å². The van der Waals surface area contributed by atoms with E-state index in [2.05, 4.69) is 0 Å². The molecule has 0 heterocycles. The van der Waals surface area contributed by atoms with Gasteiger partial charge in [-0.15, -0.1) is 0 Å². The van der Waals surface area contributed by atoms with Crippen molar-refractivity contribution >= 4 is 31.0 Å². The second-order valence-electron chi connectivity index (χ2n) is 4.05. The molecule has 2 aromatic rings. The molecule has 102 valence electrons. The Morgan fingerprint density at radius 1 is 0.857 bits per heavy atom. The Morgan fingerprint density at radius 2 is 1.43 bits per heavy atom. The fourth-order valence-corrected chi connectivity index (χ4v) is 3.09. The average molecular weight is 346 g/mol. The zero-order chi connectivity index (χ0) is 14.4. The molecular formula is C11H8Na2O6S2. The van der Waals surface area contributed by atoms with Gasteiger partial charge in [0.25, 0.3) is 0 Å². The number of hydrogen-bond donors (Lipinski definition) is 0. The molecule has 0 fully saturated rings. The second kappa shape index (κ2) is 7.39. The van der Waals surface area contributed by atoms with Crippen LogP contribution in [0.3, 0.4) is 0 Å². The third-order valence-corrected chi connectivity index (χ3v) is 4.29. The molecule has 0 N–H and O–H groups in total. The van der Waals surface area contributed by atoms with Crippen molar-refractivity contribution in [2.24, 2.45) is 0 Å². The maximum absolute atomic E-state index is 11.2. The van der Waals surface area contributed by atoms with Crippen molar-refractivity contribution in [1.82, 2.24) is 0 Å². The average Bonchev–Trinajstić information content (AvgIpc) is 2.24. The molecule has 0 bridgehead atoms. The molecule has 0 amide bonds. The Hall–Kier alpha value is 0.520. The minimum Gasteiger partial charge on any atom is -0.744 e. The summed E-state index contributed by atoms with van der Waals surface area (Å²) in [5.74, 6) is 0. The molecule has 0 aliphatic carbocycles. The van der Waals surface area contributed by atoms with E-state index < -0.39 is 30.0 Å². The number of hydrogen-bond acceptors (Lipinski definition) is 6. The van der Waals surface area contributed by atoms with E-state index in [1.54, 1.807) is 13.0 Å². The van der Waals surface area contributed by atoms with Crippen LogP contribution in [0, 0.1) is 6.92 Å². The predicted octanol–water partition coefficient (Wildman–Crippen LogP) is -5.04. The van der Waals surface area contributed by atoms with Crippen LogP contribution in [0.2, 0.25) is 0 Å². The van der Waals surface area contributed by atoms with Crippen molar-refractivity contribution in [3.8, 4) is 0 Å². The molecule has 21 heavy (non-hydrogen) atoms. The molecule has 0 aliphatic rings. The zero-order valence-electron chi connectivity index (χ0n) is 11.7. The summed E-state index contributed by atoms with van der Waals surface area (Å²) in [6.45, 7) is 1.69. The van der Waals surface area contributed by atoms with Crippen molar-refractivity contribution in [2.45, 2.75) is 16.7 Å². The largest absolute Gasteiger partial charge is 1.00 e. The van der Waals surface area contributed by atoms with E-state index in [4.69, 9.17) is 0 Å². The maximum atomic E-state index is 11.2. The Balaban J connectivity index is 0.00000200. The number of fused-ring (bicyclic) bond motifs is 1. The van der Waals surface area contributed by atoms with Gasteiger partial charge in [0.05, 0.1) is 9.79 Å². The van der Waals surface area contributed by atoms with Gasteiger partial charge in [-0.3, -0.25) is 0 Å². The smallest absolute Gasteiger partial charge is 0.744 e. The summed E-state index contributed by atoms with van der Waals surface area (Å²) in [6, 6.07) is 6.16. The van der Waals surface area contributed by atoms with Gasteiger partial charge < -0.3 is 9.11 Å². The van der Waals surface area contributed by atoms with E-state index in [0.29, 0.717) is 11.6 Å². The van der Waals surface area contributed by atoms with Crippen molar-refractivity contribution in [2.75, 3.05) is 0 Å². The van der Waals surface area contributed by atoms with Crippen LogP contribution in [0.1, 0.15) is 5.56 Å². The summed E-state index contributed by atoms with van der Waals surface area (Å²) >= 11 is 0. The number of benzene rings is 2. The summed E-state index contributed by atoms with van der Waals surface area (Å²) in [5.41, 5.74) is 0.704. The summed E-state index contributed by atoms with van der Waals surface area (Å²) in [7, 11) is -9.72. The molecule has 2 rings (SSSR count). The van der Waals surface area contributed by atoms with Gasteiger partial charge in [-0.1, -0.05) is 23.8 Å². The van der Waals surface area contributed by atoms with E-state index in [1.165, 1.54) is 12.1 Å². The van der Waals surface area contributed by atoms with E-state index in [1.807, 2.05) is 0 Å². The van der Waals surface area contributed by atoms with Crippen LogP contribution in [0.25, 0.3) is 10.8 Å². The molecule has 2 aromatic carbocycles. The minimum absolute atomic E-state index is 0. The molecule has 10 heteroatoms. The minimum atomic E-state index is -4.88. The van der Waals surface area contributed by atoms with Gasteiger partial charge in [0.1, 0.15) is 20.2 Å². The third-order valence-electron chi connectivity index (χ3n) is 2.60. The number of aryl methyl sites for hydroxylation is 1.